The van der Waals surface area contributed by atoms with Gasteiger partial charge in [0, 0.05) is 5.56 Å². The first kappa shape index (κ1) is 13.6. The first-order valence-electron chi connectivity index (χ1n) is 6.07. The second kappa shape index (κ2) is 6.39. The minimum Gasteiger partial charge on any atom is -0.497 e. The molecule has 0 fully saturated rings. The minimum absolute atomic E-state index is 0.0619. The van der Waals surface area contributed by atoms with Gasteiger partial charge in [0.15, 0.2) is 5.78 Å². The van der Waals surface area contributed by atoms with E-state index in [1.807, 2.05) is 30.3 Å². The van der Waals surface area contributed by atoms with Gasteiger partial charge in [-0.3, -0.25) is 4.79 Å². The van der Waals surface area contributed by atoms with E-state index in [1.54, 1.807) is 31.4 Å². The Bertz CT molecular complexity index is 534. The van der Waals surface area contributed by atoms with Crippen molar-refractivity contribution >= 4 is 17.4 Å². The molecule has 2 aromatic rings. The lowest BCUT2D eigenvalue weighted by Gasteiger charge is -2.09. The lowest BCUT2D eigenvalue weighted by Crippen LogP contribution is -2.17. The van der Waals surface area contributed by atoms with Crippen molar-refractivity contribution in [3.63, 3.8) is 0 Å². The molecule has 0 aliphatic heterocycles. The van der Waals surface area contributed by atoms with E-state index >= 15 is 0 Å². The van der Waals surface area contributed by atoms with Gasteiger partial charge in [-0.25, -0.2) is 0 Å². The third kappa shape index (κ3) is 3.58. The number of rotatable bonds is 5. The Balaban J connectivity index is 2.06. The number of carbonyl (C=O) groups excluding carboxylic acids is 1. The smallest absolute Gasteiger partial charge is 0.181 e. The van der Waals surface area contributed by atoms with E-state index in [0.717, 1.165) is 11.3 Å². The van der Waals surface area contributed by atoms with Gasteiger partial charge < -0.3 is 4.74 Å². The third-order valence-corrected chi connectivity index (χ3v) is 3.27. The first-order valence-corrected chi connectivity index (χ1v) is 6.50. The number of halogens is 1. The zero-order chi connectivity index (χ0) is 13.7. The molecular weight excluding hydrogens is 260 g/mol. The first-order chi connectivity index (χ1) is 9.20. The highest BCUT2D eigenvalue weighted by Crippen LogP contribution is 2.17. The van der Waals surface area contributed by atoms with Crippen LogP contribution in [0.2, 0.25) is 0 Å². The highest BCUT2D eigenvalue weighted by molar-refractivity contribution is 6.34. The van der Waals surface area contributed by atoms with Crippen LogP contribution >= 0.6 is 11.6 Å². The summed E-state index contributed by atoms with van der Waals surface area (Å²) in [4.78, 5) is 12.2. The van der Waals surface area contributed by atoms with E-state index in [1.165, 1.54) is 0 Å². The van der Waals surface area contributed by atoms with Crippen molar-refractivity contribution in [1.29, 1.82) is 0 Å². The molecule has 0 amide bonds. The summed E-state index contributed by atoms with van der Waals surface area (Å²) in [5.41, 5.74) is 1.67. The Morgan fingerprint density at radius 1 is 1.11 bits per heavy atom. The van der Waals surface area contributed by atoms with Crippen LogP contribution in [0.15, 0.2) is 54.6 Å². The van der Waals surface area contributed by atoms with Crippen LogP contribution < -0.4 is 4.74 Å². The summed E-state index contributed by atoms with van der Waals surface area (Å²) < 4.78 is 5.06. The summed E-state index contributed by atoms with van der Waals surface area (Å²) in [6.45, 7) is 0. The summed E-state index contributed by atoms with van der Waals surface area (Å²) in [6, 6.07) is 16.8. The Hall–Kier alpha value is -1.80. The molecule has 0 saturated heterocycles. The summed E-state index contributed by atoms with van der Waals surface area (Å²) in [7, 11) is 1.59. The molecule has 98 valence electrons. The van der Waals surface area contributed by atoms with E-state index in [4.69, 9.17) is 16.3 Å². The van der Waals surface area contributed by atoms with Crippen LogP contribution in [0.4, 0.5) is 0 Å². The number of hydrogen-bond acceptors (Lipinski definition) is 2. The average Bonchev–Trinajstić information content (AvgIpc) is 2.47. The van der Waals surface area contributed by atoms with Crippen LogP contribution in [0.25, 0.3) is 0 Å². The standard InChI is InChI=1S/C16H15ClO2/c1-19-14-9-7-13(8-10-14)16(18)15(17)11-12-5-3-2-4-6-12/h2-10,15H,11H2,1H3. The van der Waals surface area contributed by atoms with Crippen molar-refractivity contribution in [1.82, 2.24) is 0 Å². The maximum Gasteiger partial charge on any atom is 0.181 e. The van der Waals surface area contributed by atoms with E-state index in [9.17, 15) is 4.79 Å². The molecule has 2 nitrogen and oxygen atoms in total. The van der Waals surface area contributed by atoms with Crippen LogP contribution in [0, 0.1) is 0 Å². The lowest BCUT2D eigenvalue weighted by molar-refractivity contribution is 0.0986. The van der Waals surface area contributed by atoms with Gasteiger partial charge in [0.1, 0.15) is 11.1 Å². The molecule has 0 aromatic heterocycles. The molecule has 0 heterocycles. The van der Waals surface area contributed by atoms with Crippen molar-refractivity contribution in [3.8, 4) is 5.75 Å². The Morgan fingerprint density at radius 2 is 1.74 bits per heavy atom. The predicted octanol–water partition coefficient (Wildman–Crippen LogP) is 3.73. The van der Waals surface area contributed by atoms with E-state index in [0.29, 0.717) is 12.0 Å². The number of carbonyl (C=O) groups is 1. The molecule has 1 unspecified atom stereocenters. The minimum atomic E-state index is -0.546. The van der Waals surface area contributed by atoms with Gasteiger partial charge in [0.25, 0.3) is 0 Å². The number of ketones is 1. The SMILES string of the molecule is COc1ccc(C(=O)C(Cl)Cc2ccccc2)cc1. The number of benzene rings is 2. The molecule has 0 N–H and O–H groups in total. The summed E-state index contributed by atoms with van der Waals surface area (Å²) >= 11 is 6.19. The number of hydrogen-bond donors (Lipinski definition) is 0. The number of ether oxygens (including phenoxy) is 1. The monoisotopic (exact) mass is 274 g/mol. The fourth-order valence-corrected chi connectivity index (χ4v) is 2.15. The molecule has 0 aliphatic rings. The predicted molar refractivity (Wildman–Crippen MR) is 77.1 cm³/mol. The molecule has 0 saturated carbocycles. The van der Waals surface area contributed by atoms with Crippen molar-refractivity contribution in [2.75, 3.05) is 7.11 Å². The van der Waals surface area contributed by atoms with Crippen LogP contribution in [0.1, 0.15) is 15.9 Å². The molecule has 2 rings (SSSR count). The Morgan fingerprint density at radius 3 is 2.32 bits per heavy atom. The molecule has 19 heavy (non-hydrogen) atoms. The van der Waals surface area contributed by atoms with Gasteiger partial charge in [-0.05, 0) is 36.2 Å². The molecular formula is C16H15ClO2. The van der Waals surface area contributed by atoms with Crippen LogP contribution in [0.3, 0.4) is 0 Å². The zero-order valence-corrected chi connectivity index (χ0v) is 11.4. The molecule has 0 bridgehead atoms. The molecule has 2 aromatic carbocycles. The number of methoxy groups -OCH3 is 1. The normalized spacial score (nSPS) is 11.9. The van der Waals surface area contributed by atoms with Gasteiger partial charge in [-0.1, -0.05) is 30.3 Å². The van der Waals surface area contributed by atoms with E-state index in [-0.39, 0.29) is 5.78 Å². The topological polar surface area (TPSA) is 26.3 Å². The molecule has 0 spiro atoms. The highest BCUT2D eigenvalue weighted by Gasteiger charge is 2.17. The van der Waals surface area contributed by atoms with Crippen molar-refractivity contribution in [2.24, 2.45) is 0 Å². The maximum absolute atomic E-state index is 12.2. The number of Topliss-reactive ketones (excluding diaryl/α,β-unsaturated/α-hetero) is 1. The quantitative estimate of drug-likeness (QED) is 0.613. The van der Waals surface area contributed by atoms with Gasteiger partial charge >= 0.3 is 0 Å². The third-order valence-electron chi connectivity index (χ3n) is 2.92. The molecule has 0 aliphatic carbocycles. The molecule has 0 radical (unpaired) electrons. The zero-order valence-electron chi connectivity index (χ0n) is 10.7. The van der Waals surface area contributed by atoms with Crippen molar-refractivity contribution < 1.29 is 9.53 Å². The largest absolute Gasteiger partial charge is 0.497 e. The van der Waals surface area contributed by atoms with Crippen LogP contribution in [-0.4, -0.2) is 18.3 Å². The van der Waals surface area contributed by atoms with Crippen molar-refractivity contribution in [3.05, 3.63) is 65.7 Å². The van der Waals surface area contributed by atoms with Crippen LogP contribution in [0.5, 0.6) is 5.75 Å². The van der Waals surface area contributed by atoms with Crippen molar-refractivity contribution in [2.45, 2.75) is 11.8 Å². The van der Waals surface area contributed by atoms with E-state index in [2.05, 4.69) is 0 Å². The van der Waals surface area contributed by atoms with Gasteiger partial charge in [-0.2, -0.15) is 0 Å². The maximum atomic E-state index is 12.2. The van der Waals surface area contributed by atoms with Crippen LogP contribution in [-0.2, 0) is 6.42 Å². The molecule has 1 atom stereocenters. The number of alkyl halides is 1. The summed E-state index contributed by atoms with van der Waals surface area (Å²) in [5, 5.41) is -0.546. The average molecular weight is 275 g/mol. The lowest BCUT2D eigenvalue weighted by atomic mass is 10.0. The highest BCUT2D eigenvalue weighted by atomic mass is 35.5. The summed E-state index contributed by atoms with van der Waals surface area (Å²) in [5.74, 6) is 0.666. The van der Waals surface area contributed by atoms with E-state index < -0.39 is 5.38 Å². The molecule has 3 heteroatoms. The second-order valence-corrected chi connectivity index (χ2v) is 4.78. The van der Waals surface area contributed by atoms with Gasteiger partial charge in [0.2, 0.25) is 0 Å². The van der Waals surface area contributed by atoms with Gasteiger partial charge in [-0.15, -0.1) is 11.6 Å². The Labute approximate surface area is 118 Å². The Kier molecular flexibility index (Phi) is 4.58. The van der Waals surface area contributed by atoms with Gasteiger partial charge in [0.05, 0.1) is 7.11 Å². The fourth-order valence-electron chi connectivity index (χ4n) is 1.85. The summed E-state index contributed by atoms with van der Waals surface area (Å²) in [6.07, 6.45) is 0.535. The second-order valence-electron chi connectivity index (χ2n) is 4.25. The fraction of sp³-hybridized carbons (Fsp3) is 0.188.